The van der Waals surface area contributed by atoms with Crippen molar-refractivity contribution in [1.29, 1.82) is 0 Å². The van der Waals surface area contributed by atoms with Gasteiger partial charge in [0.25, 0.3) is 0 Å². The smallest absolute Gasteiger partial charge is 0.119 e. The standard InChI is InChI=1S/C18H29NO2/c1-5-12-19-17(18(21-4)10-6-7-11-18)16-9-8-15(20-3)13-14(16)2/h8-9,13,17,19H,5-7,10-12H2,1-4H3. The number of ether oxygens (including phenoxy) is 2. The van der Waals surface area contributed by atoms with Crippen molar-refractivity contribution >= 4 is 0 Å². The Morgan fingerprint density at radius 1 is 1.24 bits per heavy atom. The number of benzene rings is 1. The molecular formula is C18H29NO2. The molecule has 0 bridgehead atoms. The topological polar surface area (TPSA) is 30.5 Å². The molecule has 1 saturated carbocycles. The van der Waals surface area contributed by atoms with Gasteiger partial charge in [0.2, 0.25) is 0 Å². The van der Waals surface area contributed by atoms with E-state index in [1.54, 1.807) is 7.11 Å². The predicted molar refractivity (Wildman–Crippen MR) is 87.0 cm³/mol. The lowest BCUT2D eigenvalue weighted by atomic mass is 9.84. The van der Waals surface area contributed by atoms with E-state index in [-0.39, 0.29) is 11.6 Å². The fraction of sp³-hybridized carbons (Fsp3) is 0.667. The number of nitrogens with one attached hydrogen (secondary N) is 1. The van der Waals surface area contributed by atoms with Crippen LogP contribution in [0.15, 0.2) is 18.2 Å². The fourth-order valence-electron chi connectivity index (χ4n) is 3.55. The molecule has 118 valence electrons. The quantitative estimate of drug-likeness (QED) is 0.823. The summed E-state index contributed by atoms with van der Waals surface area (Å²) in [6.45, 7) is 5.39. The van der Waals surface area contributed by atoms with E-state index >= 15 is 0 Å². The van der Waals surface area contributed by atoms with Gasteiger partial charge in [-0.25, -0.2) is 0 Å². The van der Waals surface area contributed by atoms with Gasteiger partial charge in [0.05, 0.1) is 18.8 Å². The molecule has 0 spiro atoms. The van der Waals surface area contributed by atoms with E-state index in [1.807, 2.05) is 7.11 Å². The summed E-state index contributed by atoms with van der Waals surface area (Å²) in [5.41, 5.74) is 2.55. The maximum absolute atomic E-state index is 6.03. The van der Waals surface area contributed by atoms with E-state index in [9.17, 15) is 0 Å². The maximum Gasteiger partial charge on any atom is 0.119 e. The van der Waals surface area contributed by atoms with Gasteiger partial charge in [-0.2, -0.15) is 0 Å². The minimum atomic E-state index is -0.0610. The fourth-order valence-corrected chi connectivity index (χ4v) is 3.55. The largest absolute Gasteiger partial charge is 0.497 e. The number of hydrogen-bond donors (Lipinski definition) is 1. The molecule has 3 heteroatoms. The van der Waals surface area contributed by atoms with Gasteiger partial charge in [0.1, 0.15) is 5.75 Å². The summed E-state index contributed by atoms with van der Waals surface area (Å²) >= 11 is 0. The van der Waals surface area contributed by atoms with Crippen LogP contribution < -0.4 is 10.1 Å². The second-order valence-electron chi connectivity index (χ2n) is 6.09. The molecule has 1 fully saturated rings. The van der Waals surface area contributed by atoms with Crippen LogP contribution in [0.4, 0.5) is 0 Å². The van der Waals surface area contributed by atoms with Crippen LogP contribution in [0.2, 0.25) is 0 Å². The molecular weight excluding hydrogens is 262 g/mol. The Morgan fingerprint density at radius 2 is 1.95 bits per heavy atom. The van der Waals surface area contributed by atoms with Crippen molar-refractivity contribution in [3.63, 3.8) is 0 Å². The zero-order chi connectivity index (χ0) is 15.3. The summed E-state index contributed by atoms with van der Waals surface area (Å²) < 4.78 is 11.4. The molecule has 21 heavy (non-hydrogen) atoms. The highest BCUT2D eigenvalue weighted by Crippen LogP contribution is 2.43. The molecule has 0 radical (unpaired) electrons. The third-order valence-electron chi connectivity index (χ3n) is 4.77. The minimum absolute atomic E-state index is 0.0610. The molecule has 0 heterocycles. The normalized spacial score (nSPS) is 18.7. The molecule has 1 aromatic rings. The van der Waals surface area contributed by atoms with Crippen LogP contribution in [0.25, 0.3) is 0 Å². The molecule has 1 aliphatic carbocycles. The van der Waals surface area contributed by atoms with E-state index in [0.717, 1.165) is 31.6 Å². The van der Waals surface area contributed by atoms with Gasteiger partial charge in [0, 0.05) is 7.11 Å². The number of rotatable bonds is 7. The summed E-state index contributed by atoms with van der Waals surface area (Å²) in [6.07, 6.45) is 5.92. The van der Waals surface area contributed by atoms with E-state index in [0.29, 0.717) is 0 Å². The van der Waals surface area contributed by atoms with Crippen LogP contribution >= 0.6 is 0 Å². The Labute approximate surface area is 129 Å². The molecule has 0 aliphatic heterocycles. The molecule has 1 aliphatic rings. The van der Waals surface area contributed by atoms with E-state index in [1.165, 1.54) is 24.0 Å². The SMILES string of the molecule is CCCNC(c1ccc(OC)cc1C)C1(OC)CCCC1. The van der Waals surface area contributed by atoms with Crippen molar-refractivity contribution < 1.29 is 9.47 Å². The number of methoxy groups -OCH3 is 2. The second-order valence-corrected chi connectivity index (χ2v) is 6.09. The molecule has 1 unspecified atom stereocenters. The lowest BCUT2D eigenvalue weighted by molar-refractivity contribution is -0.0369. The third kappa shape index (κ3) is 3.41. The Hall–Kier alpha value is -1.06. The number of hydrogen-bond acceptors (Lipinski definition) is 3. The minimum Gasteiger partial charge on any atom is -0.497 e. The monoisotopic (exact) mass is 291 g/mol. The van der Waals surface area contributed by atoms with Gasteiger partial charge in [-0.1, -0.05) is 25.8 Å². The third-order valence-corrected chi connectivity index (χ3v) is 4.77. The maximum atomic E-state index is 6.03. The molecule has 0 saturated heterocycles. The number of aryl methyl sites for hydroxylation is 1. The van der Waals surface area contributed by atoms with E-state index in [4.69, 9.17) is 9.47 Å². The van der Waals surface area contributed by atoms with Crippen molar-refractivity contribution in [1.82, 2.24) is 5.32 Å². The lowest BCUT2D eigenvalue weighted by Crippen LogP contribution is -2.44. The van der Waals surface area contributed by atoms with Crippen LogP contribution in [0.1, 0.15) is 56.2 Å². The molecule has 2 rings (SSSR count). The zero-order valence-corrected chi connectivity index (χ0v) is 13.9. The first-order valence-electron chi connectivity index (χ1n) is 8.10. The van der Waals surface area contributed by atoms with Gasteiger partial charge < -0.3 is 14.8 Å². The van der Waals surface area contributed by atoms with Crippen LogP contribution in [0, 0.1) is 6.92 Å². The Bertz CT molecular complexity index is 453. The summed E-state index contributed by atoms with van der Waals surface area (Å²) in [5, 5.41) is 3.73. The van der Waals surface area contributed by atoms with Gasteiger partial charge in [-0.05, 0) is 56.0 Å². The van der Waals surface area contributed by atoms with Crippen LogP contribution in [-0.4, -0.2) is 26.4 Å². The highest BCUT2D eigenvalue weighted by Gasteiger charge is 2.42. The van der Waals surface area contributed by atoms with Crippen molar-refractivity contribution in [2.24, 2.45) is 0 Å². The van der Waals surface area contributed by atoms with Gasteiger partial charge in [0.15, 0.2) is 0 Å². The Balaban J connectivity index is 2.35. The Morgan fingerprint density at radius 3 is 2.48 bits per heavy atom. The summed E-state index contributed by atoms with van der Waals surface area (Å²) in [7, 11) is 3.58. The van der Waals surface area contributed by atoms with Gasteiger partial charge in [-0.15, -0.1) is 0 Å². The first-order valence-corrected chi connectivity index (χ1v) is 8.10. The lowest BCUT2D eigenvalue weighted by Gasteiger charge is -2.38. The summed E-state index contributed by atoms with van der Waals surface area (Å²) in [4.78, 5) is 0. The van der Waals surface area contributed by atoms with Crippen LogP contribution in [0.3, 0.4) is 0 Å². The molecule has 3 nitrogen and oxygen atoms in total. The van der Waals surface area contributed by atoms with Crippen molar-refractivity contribution in [2.75, 3.05) is 20.8 Å². The van der Waals surface area contributed by atoms with E-state index < -0.39 is 0 Å². The van der Waals surface area contributed by atoms with Crippen LogP contribution in [0.5, 0.6) is 5.75 Å². The molecule has 1 N–H and O–H groups in total. The van der Waals surface area contributed by atoms with Crippen molar-refractivity contribution in [2.45, 2.75) is 57.6 Å². The first-order chi connectivity index (χ1) is 10.2. The van der Waals surface area contributed by atoms with Gasteiger partial charge >= 0.3 is 0 Å². The highest BCUT2D eigenvalue weighted by atomic mass is 16.5. The van der Waals surface area contributed by atoms with Crippen molar-refractivity contribution in [3.8, 4) is 5.75 Å². The zero-order valence-electron chi connectivity index (χ0n) is 13.9. The molecule has 1 aromatic carbocycles. The average molecular weight is 291 g/mol. The van der Waals surface area contributed by atoms with E-state index in [2.05, 4.69) is 37.4 Å². The van der Waals surface area contributed by atoms with Crippen molar-refractivity contribution in [3.05, 3.63) is 29.3 Å². The van der Waals surface area contributed by atoms with Crippen LogP contribution in [-0.2, 0) is 4.74 Å². The molecule has 0 aromatic heterocycles. The second kappa shape index (κ2) is 7.28. The summed E-state index contributed by atoms with van der Waals surface area (Å²) in [6, 6.07) is 6.63. The summed E-state index contributed by atoms with van der Waals surface area (Å²) in [5.74, 6) is 0.920. The molecule has 0 amide bonds. The molecule has 1 atom stereocenters. The van der Waals surface area contributed by atoms with Gasteiger partial charge in [-0.3, -0.25) is 0 Å². The first kappa shape index (κ1) is 16.3. The predicted octanol–water partition coefficient (Wildman–Crippen LogP) is 4.00. The Kier molecular flexibility index (Phi) is 5.65. The average Bonchev–Trinajstić information content (AvgIpc) is 2.99. The highest BCUT2D eigenvalue weighted by molar-refractivity contribution is 5.38.